The van der Waals surface area contributed by atoms with E-state index in [1.165, 1.54) is 34.4 Å². The molecule has 0 rings (SSSR count). The SMILES string of the molecule is CCC[CH2][AlH2].[AlH3].[AlH3].[AlH3].[AlH3]. The molecule has 0 radical (unpaired) electrons. The van der Waals surface area contributed by atoms with Crippen molar-refractivity contribution in [2.45, 2.75) is 25.0 Å². The molecule has 0 aromatic carbocycles. The number of hydrogen-bond donors (Lipinski definition) is 0. The van der Waals surface area contributed by atoms with Crippen LogP contribution < -0.4 is 0 Å². The largest absolute Gasteiger partial charge is 0.211 e. The van der Waals surface area contributed by atoms with E-state index >= 15 is 0 Å². The van der Waals surface area contributed by atoms with E-state index in [1.807, 2.05) is 0 Å². The summed E-state index contributed by atoms with van der Waals surface area (Å²) in [4.78, 5) is 0. The summed E-state index contributed by atoms with van der Waals surface area (Å²) in [7, 11) is 0. The monoisotopic (exact) mass is 206 g/mol. The molecule has 0 aliphatic heterocycles. The Hall–Kier alpha value is 2.66. The Balaban J connectivity index is -0.0000000133. The van der Waals surface area contributed by atoms with Crippen LogP contribution >= 0.6 is 0 Å². The quantitative estimate of drug-likeness (QED) is 0.405. The lowest BCUT2D eigenvalue weighted by molar-refractivity contribution is 0.884. The van der Waals surface area contributed by atoms with E-state index in [0.29, 0.717) is 0 Å². The van der Waals surface area contributed by atoms with E-state index in [-0.39, 0.29) is 69.4 Å². The molecule has 54 valence electrons. The standard InChI is InChI=1S/C4H9.5Al.14H/c1-3-4-2;;;;;;;;;;;;;;;;;;;/h1,3-4H2,2H3;;;;;;;;;;;;;;;;;;;. The Morgan fingerprint density at radius 2 is 1.33 bits per heavy atom. The molecule has 0 bridgehead atoms. The van der Waals surface area contributed by atoms with Crippen LogP contribution in [-0.4, -0.2) is 85.7 Å². The van der Waals surface area contributed by atoms with Gasteiger partial charge in [-0.1, -0.05) is 19.8 Å². The normalized spacial score (nSPS) is 4.56. The molecule has 9 heavy (non-hydrogen) atoms. The Labute approximate surface area is 109 Å². The van der Waals surface area contributed by atoms with Crippen molar-refractivity contribution in [2.24, 2.45) is 0 Å². The van der Waals surface area contributed by atoms with Crippen LogP contribution in [0.25, 0.3) is 0 Å². The molecule has 0 fully saturated rings. The van der Waals surface area contributed by atoms with Crippen LogP contribution in [0.2, 0.25) is 5.28 Å². The van der Waals surface area contributed by atoms with Gasteiger partial charge in [-0.25, -0.2) is 0 Å². The van der Waals surface area contributed by atoms with Crippen molar-refractivity contribution in [3.8, 4) is 0 Å². The van der Waals surface area contributed by atoms with Crippen LogP contribution in [0.3, 0.4) is 0 Å². The lowest BCUT2D eigenvalue weighted by Gasteiger charge is -1.78. The van der Waals surface area contributed by atoms with Crippen molar-refractivity contribution in [3.63, 3.8) is 0 Å². The third kappa shape index (κ3) is 36.8. The highest BCUT2D eigenvalue weighted by molar-refractivity contribution is 6.08. The first-order valence-electron chi connectivity index (χ1n) is 2.41. The van der Waals surface area contributed by atoms with Crippen molar-refractivity contribution in [1.82, 2.24) is 0 Å². The summed E-state index contributed by atoms with van der Waals surface area (Å²) in [5.41, 5.74) is 0. The zero-order valence-electron chi connectivity index (χ0n) is 4.12. The van der Waals surface area contributed by atoms with E-state index in [2.05, 4.69) is 6.92 Å². The van der Waals surface area contributed by atoms with Crippen LogP contribution in [0, 0.1) is 0 Å². The molecule has 0 unspecified atom stereocenters. The lowest BCUT2D eigenvalue weighted by Crippen LogP contribution is -1.63. The highest BCUT2D eigenvalue weighted by Gasteiger charge is 1.69. The molecule has 0 atom stereocenters. The third-order valence-corrected chi connectivity index (χ3v) is 1.41. The van der Waals surface area contributed by atoms with Gasteiger partial charge < -0.3 is 0 Å². The van der Waals surface area contributed by atoms with Crippen molar-refractivity contribution in [3.05, 3.63) is 0 Å². The van der Waals surface area contributed by atoms with Crippen LogP contribution in [0.15, 0.2) is 0 Å². The smallest absolute Gasteiger partial charge is 0.101 e. The van der Waals surface area contributed by atoms with Crippen LogP contribution in [0.4, 0.5) is 0 Å². The molecule has 0 saturated heterocycles. The first-order valence-corrected chi connectivity index (χ1v) is 3.83. The zero-order chi connectivity index (χ0) is 4.12. The summed E-state index contributed by atoms with van der Waals surface area (Å²) < 4.78 is 0. The van der Waals surface area contributed by atoms with Crippen LogP contribution in [-0.2, 0) is 0 Å². The topological polar surface area (TPSA) is 0 Å². The van der Waals surface area contributed by atoms with E-state index in [9.17, 15) is 0 Å². The predicted molar refractivity (Wildman–Crippen MR) is 68.0 cm³/mol. The van der Waals surface area contributed by atoms with E-state index in [4.69, 9.17) is 0 Å². The number of hydrogen-bond acceptors (Lipinski definition) is 0. The fourth-order valence-electron chi connectivity index (χ4n) is 0.354. The van der Waals surface area contributed by atoms with Gasteiger partial charge in [0.25, 0.3) is 0 Å². The van der Waals surface area contributed by atoms with E-state index in [1.54, 1.807) is 0 Å². The molecule has 0 aromatic heterocycles. The summed E-state index contributed by atoms with van der Waals surface area (Å²) in [6.45, 7) is 2.23. The molecular weight excluding hydrogens is 183 g/mol. The average Bonchev–Trinajstić information content (AvgIpc) is 1.41. The Morgan fingerprint density at radius 3 is 1.33 bits per heavy atom. The summed E-state index contributed by atoms with van der Waals surface area (Å²) in [6.07, 6.45) is 2.83. The molecule has 0 amide bonds. The number of rotatable bonds is 2. The molecule has 0 N–H and O–H groups in total. The van der Waals surface area contributed by atoms with Gasteiger partial charge in [0, 0.05) is 0 Å². The summed E-state index contributed by atoms with van der Waals surface area (Å²) in [5.74, 6) is 0. The van der Waals surface area contributed by atoms with Gasteiger partial charge in [-0.3, -0.25) is 0 Å². The van der Waals surface area contributed by atoms with Gasteiger partial charge in [-0.05, 0) is 0 Å². The fourth-order valence-corrected chi connectivity index (χ4v) is 1.06. The van der Waals surface area contributed by atoms with Gasteiger partial charge in [0.2, 0.25) is 16.3 Å². The highest BCUT2D eigenvalue weighted by atomic mass is 27.0. The minimum atomic E-state index is 0. The summed E-state index contributed by atoms with van der Waals surface area (Å²) in [5, 5.41) is 1.48. The first kappa shape index (κ1) is 29.9. The molecule has 0 spiro atoms. The molecule has 5 heteroatoms. The molecular formula is C4H23Al5. The van der Waals surface area contributed by atoms with Crippen molar-refractivity contribution in [1.29, 1.82) is 0 Å². The van der Waals surface area contributed by atoms with Gasteiger partial charge in [-0.15, -0.1) is 5.28 Å². The maximum Gasteiger partial charge on any atom is 0.211 e. The second-order valence-corrected chi connectivity index (χ2v) is 2.35. The lowest BCUT2D eigenvalue weighted by atomic mass is 10.4. The molecule has 0 saturated carbocycles. The molecule has 0 aromatic rings. The second kappa shape index (κ2) is 31.0. The van der Waals surface area contributed by atoms with Crippen LogP contribution in [0.1, 0.15) is 19.8 Å². The van der Waals surface area contributed by atoms with Gasteiger partial charge in [0.1, 0.15) is 0 Å². The van der Waals surface area contributed by atoms with E-state index in [0.717, 1.165) is 0 Å². The van der Waals surface area contributed by atoms with Gasteiger partial charge in [-0.2, -0.15) is 0 Å². The zero-order valence-corrected chi connectivity index (χ0v) is 6.12. The fraction of sp³-hybridized carbons (Fsp3) is 1.00. The molecule has 0 aliphatic carbocycles. The molecule has 0 nitrogen and oxygen atoms in total. The minimum absolute atomic E-state index is 0. The maximum absolute atomic E-state index is 2.23. The Kier molecular flexibility index (Phi) is 103. The minimum Gasteiger partial charge on any atom is -0.101 e. The molecule has 0 heterocycles. The summed E-state index contributed by atoms with van der Waals surface area (Å²) >= 11 is 1.40. The molecule has 0 aliphatic rings. The second-order valence-electron chi connectivity index (χ2n) is 1.35. The van der Waals surface area contributed by atoms with Crippen LogP contribution in [0.5, 0.6) is 0 Å². The first-order chi connectivity index (χ1) is 2.41. The Bertz CT molecular complexity index is 16.4. The van der Waals surface area contributed by atoms with Gasteiger partial charge >= 0.3 is 0 Å². The van der Waals surface area contributed by atoms with Gasteiger partial charge in [0.15, 0.2) is 69.4 Å². The van der Waals surface area contributed by atoms with Crippen molar-refractivity contribution in [2.75, 3.05) is 0 Å². The predicted octanol–water partition coefficient (Wildman–Crippen LogP) is -3.90. The third-order valence-electron chi connectivity index (χ3n) is 0.707. The van der Waals surface area contributed by atoms with Crippen molar-refractivity contribution >= 4 is 85.7 Å². The van der Waals surface area contributed by atoms with Crippen molar-refractivity contribution < 1.29 is 0 Å². The summed E-state index contributed by atoms with van der Waals surface area (Å²) in [6, 6.07) is 0. The maximum atomic E-state index is 2.23. The highest BCUT2D eigenvalue weighted by Crippen LogP contribution is 1.86. The van der Waals surface area contributed by atoms with Gasteiger partial charge in [0.05, 0.1) is 0 Å². The van der Waals surface area contributed by atoms with E-state index < -0.39 is 0 Å². The average molecular weight is 206 g/mol. The number of unbranched alkanes of at least 4 members (excludes halogenated alkanes) is 1. The Morgan fingerprint density at radius 1 is 1.00 bits per heavy atom.